The first kappa shape index (κ1) is 12.9. The van der Waals surface area contributed by atoms with Gasteiger partial charge in [0.05, 0.1) is 11.3 Å². The second-order valence-electron chi connectivity index (χ2n) is 4.10. The van der Waals surface area contributed by atoms with Crippen LogP contribution in [-0.2, 0) is 0 Å². The molecule has 0 aliphatic heterocycles. The zero-order chi connectivity index (χ0) is 14.0. The Labute approximate surface area is 109 Å². The Hall–Kier alpha value is -2.50. The molecule has 2 rings (SSSR count). The normalized spacial score (nSPS) is 10.3. The third kappa shape index (κ3) is 3.04. The van der Waals surface area contributed by atoms with Gasteiger partial charge in [0, 0.05) is 11.4 Å². The number of carbonyl (C=O) groups is 1. The van der Waals surface area contributed by atoms with Crippen LogP contribution >= 0.6 is 0 Å². The Bertz CT molecular complexity index is 624. The van der Waals surface area contributed by atoms with Crippen molar-refractivity contribution in [2.75, 3.05) is 5.32 Å². The number of anilines is 2. The zero-order valence-corrected chi connectivity index (χ0v) is 10.4. The van der Waals surface area contributed by atoms with E-state index in [0.29, 0.717) is 0 Å². The molecule has 19 heavy (non-hydrogen) atoms. The Balaban J connectivity index is 2.30. The van der Waals surface area contributed by atoms with Gasteiger partial charge in [-0.25, -0.2) is 19.2 Å². The van der Waals surface area contributed by atoms with Crippen molar-refractivity contribution in [2.45, 2.75) is 13.8 Å². The fraction of sp³-hybridized carbons (Fsp3) is 0.154. The topological polar surface area (TPSA) is 75.1 Å². The molecule has 0 amide bonds. The summed E-state index contributed by atoms with van der Waals surface area (Å²) in [6, 6.07) is 5.42. The molecule has 1 aromatic heterocycles. The molecule has 0 aliphatic rings. The van der Waals surface area contributed by atoms with Gasteiger partial charge in [0.1, 0.15) is 5.82 Å². The number of rotatable bonds is 3. The fourth-order valence-corrected chi connectivity index (χ4v) is 1.65. The summed E-state index contributed by atoms with van der Waals surface area (Å²) in [5.41, 5.74) is 1.55. The van der Waals surface area contributed by atoms with Gasteiger partial charge in [0.2, 0.25) is 5.95 Å². The Morgan fingerprint density at radius 3 is 2.37 bits per heavy atom. The zero-order valence-electron chi connectivity index (χ0n) is 10.4. The van der Waals surface area contributed by atoms with Crippen molar-refractivity contribution in [3.63, 3.8) is 0 Å². The van der Waals surface area contributed by atoms with Crippen molar-refractivity contribution >= 4 is 17.6 Å². The van der Waals surface area contributed by atoms with E-state index in [-0.39, 0.29) is 17.2 Å². The minimum atomic E-state index is -1.17. The van der Waals surface area contributed by atoms with Crippen LogP contribution in [0.3, 0.4) is 0 Å². The number of carboxylic acids is 1. The average Bonchev–Trinajstić information content (AvgIpc) is 2.30. The van der Waals surface area contributed by atoms with Gasteiger partial charge in [-0.15, -0.1) is 0 Å². The van der Waals surface area contributed by atoms with Crippen LogP contribution in [-0.4, -0.2) is 21.0 Å². The van der Waals surface area contributed by atoms with E-state index in [0.717, 1.165) is 17.5 Å². The first-order valence-electron chi connectivity index (χ1n) is 5.58. The van der Waals surface area contributed by atoms with Crippen LogP contribution in [0.5, 0.6) is 0 Å². The van der Waals surface area contributed by atoms with E-state index >= 15 is 0 Å². The molecule has 0 radical (unpaired) electrons. The van der Waals surface area contributed by atoms with Crippen LogP contribution < -0.4 is 5.32 Å². The van der Waals surface area contributed by atoms with Gasteiger partial charge < -0.3 is 10.4 Å². The summed E-state index contributed by atoms with van der Waals surface area (Å²) < 4.78 is 13.7. The summed E-state index contributed by atoms with van der Waals surface area (Å²) in [4.78, 5) is 18.9. The van der Waals surface area contributed by atoms with Crippen LogP contribution in [0.15, 0.2) is 24.3 Å². The maximum Gasteiger partial charge on any atom is 0.335 e. The summed E-state index contributed by atoms with van der Waals surface area (Å²) in [5.74, 6) is -1.56. The molecular formula is C13H12FN3O2. The lowest BCUT2D eigenvalue weighted by molar-refractivity contribution is 0.0696. The summed E-state index contributed by atoms with van der Waals surface area (Å²) in [7, 11) is 0. The van der Waals surface area contributed by atoms with Crippen molar-refractivity contribution in [3.8, 4) is 0 Å². The van der Waals surface area contributed by atoms with Crippen LogP contribution in [0, 0.1) is 19.7 Å². The predicted molar refractivity (Wildman–Crippen MR) is 68.1 cm³/mol. The van der Waals surface area contributed by atoms with Crippen LogP contribution in [0.1, 0.15) is 21.7 Å². The molecule has 0 fully saturated rings. The number of nitrogens with one attached hydrogen (secondary N) is 1. The first-order chi connectivity index (χ1) is 8.95. The van der Waals surface area contributed by atoms with E-state index in [2.05, 4.69) is 15.3 Å². The standard InChI is InChI=1S/C13H12FN3O2/c1-7-5-8(2)16-13(15-7)17-11-4-3-9(12(18)19)6-10(11)14/h3-6H,1-2H3,(H,18,19)(H,15,16,17). The Morgan fingerprint density at radius 2 is 1.84 bits per heavy atom. The third-order valence-electron chi connectivity index (χ3n) is 2.44. The van der Waals surface area contributed by atoms with Crippen molar-refractivity contribution < 1.29 is 14.3 Å². The van der Waals surface area contributed by atoms with Gasteiger partial charge in [0.15, 0.2) is 0 Å². The molecule has 0 unspecified atom stereocenters. The van der Waals surface area contributed by atoms with Crippen molar-refractivity contribution in [2.24, 2.45) is 0 Å². The number of hydrogen-bond acceptors (Lipinski definition) is 4. The number of aromatic nitrogens is 2. The van der Waals surface area contributed by atoms with Gasteiger partial charge in [0.25, 0.3) is 0 Å². The molecular weight excluding hydrogens is 249 g/mol. The fourth-order valence-electron chi connectivity index (χ4n) is 1.65. The number of aromatic carboxylic acids is 1. The molecule has 0 aliphatic carbocycles. The molecule has 1 aromatic carbocycles. The number of benzene rings is 1. The van der Waals surface area contributed by atoms with E-state index in [1.165, 1.54) is 12.1 Å². The Kier molecular flexibility index (Phi) is 3.41. The number of halogens is 1. The lowest BCUT2D eigenvalue weighted by atomic mass is 10.2. The third-order valence-corrected chi connectivity index (χ3v) is 2.44. The van der Waals surface area contributed by atoms with E-state index in [4.69, 9.17) is 5.11 Å². The van der Waals surface area contributed by atoms with Crippen molar-refractivity contribution in [3.05, 3.63) is 47.0 Å². The predicted octanol–water partition coefficient (Wildman–Crippen LogP) is 2.67. The highest BCUT2D eigenvalue weighted by Crippen LogP contribution is 2.19. The summed E-state index contributed by atoms with van der Waals surface area (Å²) in [6.45, 7) is 3.62. The number of carboxylic acid groups (broad SMARTS) is 1. The molecule has 6 heteroatoms. The summed E-state index contributed by atoms with van der Waals surface area (Å²) in [6.07, 6.45) is 0. The van der Waals surface area contributed by atoms with E-state index in [9.17, 15) is 9.18 Å². The van der Waals surface area contributed by atoms with Crippen molar-refractivity contribution in [1.29, 1.82) is 0 Å². The number of aryl methyl sites for hydroxylation is 2. The van der Waals surface area contributed by atoms with Gasteiger partial charge in [-0.3, -0.25) is 0 Å². The molecule has 1 heterocycles. The first-order valence-corrected chi connectivity index (χ1v) is 5.58. The lowest BCUT2D eigenvalue weighted by Crippen LogP contribution is -2.03. The Morgan fingerprint density at radius 1 is 1.21 bits per heavy atom. The molecule has 0 atom stereocenters. The van der Waals surface area contributed by atoms with Gasteiger partial charge in [-0.05, 0) is 38.1 Å². The maximum atomic E-state index is 13.7. The minimum Gasteiger partial charge on any atom is -0.478 e. The van der Waals surface area contributed by atoms with Crippen LogP contribution in [0.25, 0.3) is 0 Å². The second kappa shape index (κ2) is 5.01. The summed E-state index contributed by atoms with van der Waals surface area (Å²) >= 11 is 0. The minimum absolute atomic E-state index is 0.107. The molecule has 98 valence electrons. The lowest BCUT2D eigenvalue weighted by Gasteiger charge is -2.08. The SMILES string of the molecule is Cc1cc(C)nc(Nc2ccc(C(=O)O)cc2F)n1. The van der Waals surface area contributed by atoms with Crippen molar-refractivity contribution in [1.82, 2.24) is 9.97 Å². The second-order valence-corrected chi connectivity index (χ2v) is 4.10. The van der Waals surface area contributed by atoms with E-state index < -0.39 is 11.8 Å². The van der Waals surface area contributed by atoms with Gasteiger partial charge >= 0.3 is 5.97 Å². The van der Waals surface area contributed by atoms with Gasteiger partial charge in [-0.1, -0.05) is 0 Å². The molecule has 2 aromatic rings. The van der Waals surface area contributed by atoms with Crippen LogP contribution in [0.4, 0.5) is 16.0 Å². The smallest absolute Gasteiger partial charge is 0.335 e. The number of nitrogens with zero attached hydrogens (tertiary/aromatic N) is 2. The van der Waals surface area contributed by atoms with Crippen LogP contribution in [0.2, 0.25) is 0 Å². The van der Waals surface area contributed by atoms with E-state index in [1.807, 2.05) is 13.8 Å². The highest BCUT2D eigenvalue weighted by atomic mass is 19.1. The molecule has 0 saturated heterocycles. The molecule has 0 bridgehead atoms. The molecule has 5 nitrogen and oxygen atoms in total. The monoisotopic (exact) mass is 261 g/mol. The largest absolute Gasteiger partial charge is 0.478 e. The highest BCUT2D eigenvalue weighted by molar-refractivity contribution is 5.88. The summed E-state index contributed by atoms with van der Waals surface area (Å²) in [5, 5.41) is 11.5. The quantitative estimate of drug-likeness (QED) is 0.888. The molecule has 0 saturated carbocycles. The van der Waals surface area contributed by atoms with E-state index in [1.54, 1.807) is 6.07 Å². The maximum absolute atomic E-state index is 13.7. The average molecular weight is 261 g/mol. The van der Waals surface area contributed by atoms with Gasteiger partial charge in [-0.2, -0.15) is 0 Å². The molecule has 0 spiro atoms. The number of hydrogen-bond donors (Lipinski definition) is 2. The molecule has 2 N–H and O–H groups in total. The highest BCUT2D eigenvalue weighted by Gasteiger charge is 2.09.